The topological polar surface area (TPSA) is 35.2 Å². The highest BCUT2D eigenvalue weighted by atomic mass is 35.5. The maximum atomic E-state index is 5.64. The quantitative estimate of drug-likeness (QED) is 0.636. The van der Waals surface area contributed by atoms with E-state index in [0.717, 1.165) is 13.0 Å². The summed E-state index contributed by atoms with van der Waals surface area (Å²) in [7, 11) is 0. The first-order valence-electron chi connectivity index (χ1n) is 3.68. The molecule has 0 amide bonds. The molecular weight excluding hydrogens is 150 g/mol. The maximum absolute atomic E-state index is 5.64. The SMILES string of the molecule is C[C@@H](N)C1CCCCO1.Cl. The van der Waals surface area contributed by atoms with Gasteiger partial charge in [-0.25, -0.2) is 0 Å². The zero-order valence-corrected chi connectivity index (χ0v) is 7.19. The molecule has 1 rings (SSSR count). The van der Waals surface area contributed by atoms with Gasteiger partial charge in [-0.3, -0.25) is 0 Å². The number of nitrogens with two attached hydrogens (primary N) is 1. The van der Waals surface area contributed by atoms with Crippen molar-refractivity contribution in [3.63, 3.8) is 0 Å². The van der Waals surface area contributed by atoms with Gasteiger partial charge in [0.2, 0.25) is 0 Å². The molecule has 0 aliphatic carbocycles. The average molecular weight is 166 g/mol. The molecule has 10 heavy (non-hydrogen) atoms. The zero-order chi connectivity index (χ0) is 6.69. The standard InChI is InChI=1S/C7H15NO.ClH/c1-6(8)7-4-2-3-5-9-7;/h6-7H,2-5,8H2,1H3;1H/t6-,7?;/m1./s1. The average Bonchev–Trinajstić information content (AvgIpc) is 1.90. The molecule has 1 aliphatic heterocycles. The van der Waals surface area contributed by atoms with E-state index in [2.05, 4.69) is 0 Å². The molecule has 1 fully saturated rings. The van der Waals surface area contributed by atoms with Crippen molar-refractivity contribution >= 4 is 12.4 Å². The molecule has 2 atom stereocenters. The first kappa shape index (κ1) is 10.2. The van der Waals surface area contributed by atoms with Crippen LogP contribution in [0.3, 0.4) is 0 Å². The predicted octanol–water partition coefficient (Wildman–Crippen LogP) is 1.32. The van der Waals surface area contributed by atoms with E-state index < -0.39 is 0 Å². The fraction of sp³-hybridized carbons (Fsp3) is 1.00. The van der Waals surface area contributed by atoms with Crippen molar-refractivity contribution in [1.29, 1.82) is 0 Å². The van der Waals surface area contributed by atoms with E-state index in [9.17, 15) is 0 Å². The summed E-state index contributed by atoms with van der Waals surface area (Å²) in [6.45, 7) is 2.92. The van der Waals surface area contributed by atoms with E-state index >= 15 is 0 Å². The van der Waals surface area contributed by atoms with Crippen LogP contribution in [0.5, 0.6) is 0 Å². The monoisotopic (exact) mass is 165 g/mol. The molecule has 1 saturated heterocycles. The van der Waals surface area contributed by atoms with Crippen LogP contribution in [0.4, 0.5) is 0 Å². The molecule has 0 aromatic carbocycles. The Morgan fingerprint density at radius 3 is 2.50 bits per heavy atom. The molecule has 0 radical (unpaired) electrons. The molecule has 3 heteroatoms. The van der Waals surface area contributed by atoms with Gasteiger partial charge >= 0.3 is 0 Å². The Bertz CT molecular complexity index is 81.7. The largest absolute Gasteiger partial charge is 0.377 e. The van der Waals surface area contributed by atoms with E-state index in [1.807, 2.05) is 6.92 Å². The number of ether oxygens (including phenoxy) is 1. The summed E-state index contributed by atoms with van der Waals surface area (Å²) in [5.41, 5.74) is 5.64. The summed E-state index contributed by atoms with van der Waals surface area (Å²) in [5, 5.41) is 0. The molecule has 1 heterocycles. The predicted molar refractivity (Wildman–Crippen MR) is 44.5 cm³/mol. The van der Waals surface area contributed by atoms with Crippen molar-refractivity contribution in [2.45, 2.75) is 38.3 Å². The van der Waals surface area contributed by atoms with Crippen molar-refractivity contribution in [2.75, 3.05) is 6.61 Å². The summed E-state index contributed by atoms with van der Waals surface area (Å²) in [4.78, 5) is 0. The van der Waals surface area contributed by atoms with E-state index in [1.54, 1.807) is 0 Å². The minimum atomic E-state index is 0. The highest BCUT2D eigenvalue weighted by molar-refractivity contribution is 5.85. The lowest BCUT2D eigenvalue weighted by atomic mass is 10.0. The highest BCUT2D eigenvalue weighted by Gasteiger charge is 2.16. The van der Waals surface area contributed by atoms with Gasteiger partial charge in [-0.2, -0.15) is 0 Å². The highest BCUT2D eigenvalue weighted by Crippen LogP contribution is 2.13. The van der Waals surface area contributed by atoms with Gasteiger partial charge in [0.15, 0.2) is 0 Å². The van der Waals surface area contributed by atoms with Gasteiger partial charge < -0.3 is 10.5 Å². The summed E-state index contributed by atoms with van der Waals surface area (Å²) in [6.07, 6.45) is 3.98. The molecular formula is C7H16ClNO. The molecule has 0 bridgehead atoms. The third-order valence-corrected chi connectivity index (χ3v) is 1.80. The Morgan fingerprint density at radius 2 is 2.20 bits per heavy atom. The molecule has 0 aromatic heterocycles. The Hall–Kier alpha value is 0.210. The van der Waals surface area contributed by atoms with Crippen LogP contribution in [0.1, 0.15) is 26.2 Å². The van der Waals surface area contributed by atoms with Gasteiger partial charge in [-0.15, -0.1) is 12.4 Å². The molecule has 0 aromatic rings. The third kappa shape index (κ3) is 2.86. The number of hydrogen-bond acceptors (Lipinski definition) is 2. The first-order chi connectivity index (χ1) is 4.30. The molecule has 0 saturated carbocycles. The molecule has 1 unspecified atom stereocenters. The van der Waals surface area contributed by atoms with Crippen molar-refractivity contribution in [3.8, 4) is 0 Å². The summed E-state index contributed by atoms with van der Waals surface area (Å²) in [6, 6.07) is 0.213. The van der Waals surface area contributed by atoms with Gasteiger partial charge in [-0.1, -0.05) is 0 Å². The zero-order valence-electron chi connectivity index (χ0n) is 6.38. The van der Waals surface area contributed by atoms with Crippen molar-refractivity contribution in [2.24, 2.45) is 5.73 Å². The summed E-state index contributed by atoms with van der Waals surface area (Å²) < 4.78 is 5.41. The third-order valence-electron chi connectivity index (χ3n) is 1.80. The van der Waals surface area contributed by atoms with E-state index in [-0.39, 0.29) is 18.4 Å². The number of halogens is 1. The van der Waals surface area contributed by atoms with Gasteiger partial charge in [0.25, 0.3) is 0 Å². The molecule has 0 spiro atoms. The Morgan fingerprint density at radius 1 is 1.50 bits per heavy atom. The van der Waals surface area contributed by atoms with Gasteiger partial charge in [0.1, 0.15) is 0 Å². The fourth-order valence-electron chi connectivity index (χ4n) is 1.18. The Labute approximate surface area is 68.5 Å². The van der Waals surface area contributed by atoms with Crippen LogP contribution in [0.25, 0.3) is 0 Å². The molecule has 2 N–H and O–H groups in total. The van der Waals surface area contributed by atoms with Crippen molar-refractivity contribution < 1.29 is 4.74 Å². The van der Waals surface area contributed by atoms with Crippen LogP contribution >= 0.6 is 12.4 Å². The van der Waals surface area contributed by atoms with E-state index in [4.69, 9.17) is 10.5 Å². The minimum absolute atomic E-state index is 0. The van der Waals surface area contributed by atoms with E-state index in [1.165, 1.54) is 12.8 Å². The molecule has 62 valence electrons. The fourth-order valence-corrected chi connectivity index (χ4v) is 1.18. The van der Waals surface area contributed by atoms with Crippen LogP contribution in [0, 0.1) is 0 Å². The van der Waals surface area contributed by atoms with Gasteiger partial charge in [0, 0.05) is 12.6 Å². The lowest BCUT2D eigenvalue weighted by molar-refractivity contribution is 0.00403. The van der Waals surface area contributed by atoms with E-state index in [0.29, 0.717) is 6.10 Å². The Balaban J connectivity index is 0.000000810. The molecule has 1 aliphatic rings. The van der Waals surface area contributed by atoms with Crippen molar-refractivity contribution in [3.05, 3.63) is 0 Å². The second kappa shape index (κ2) is 4.94. The smallest absolute Gasteiger partial charge is 0.0723 e. The normalized spacial score (nSPS) is 28.8. The van der Waals surface area contributed by atoms with Gasteiger partial charge in [0.05, 0.1) is 6.10 Å². The number of rotatable bonds is 1. The summed E-state index contributed by atoms with van der Waals surface area (Å²) >= 11 is 0. The van der Waals surface area contributed by atoms with Crippen molar-refractivity contribution in [1.82, 2.24) is 0 Å². The minimum Gasteiger partial charge on any atom is -0.377 e. The first-order valence-corrected chi connectivity index (χ1v) is 3.68. The van der Waals surface area contributed by atoms with Crippen LogP contribution in [-0.2, 0) is 4.74 Å². The van der Waals surface area contributed by atoms with Crippen LogP contribution in [0.15, 0.2) is 0 Å². The second-order valence-corrected chi connectivity index (χ2v) is 2.76. The second-order valence-electron chi connectivity index (χ2n) is 2.76. The van der Waals surface area contributed by atoms with Crippen LogP contribution in [0.2, 0.25) is 0 Å². The lowest BCUT2D eigenvalue weighted by Crippen LogP contribution is -2.36. The summed E-state index contributed by atoms with van der Waals surface area (Å²) in [5.74, 6) is 0. The maximum Gasteiger partial charge on any atom is 0.0723 e. The van der Waals surface area contributed by atoms with Gasteiger partial charge in [-0.05, 0) is 26.2 Å². The Kier molecular flexibility index (Phi) is 5.04. The van der Waals surface area contributed by atoms with Crippen LogP contribution in [-0.4, -0.2) is 18.8 Å². The van der Waals surface area contributed by atoms with Crippen LogP contribution < -0.4 is 5.73 Å². The lowest BCUT2D eigenvalue weighted by Gasteiger charge is -2.25. The number of hydrogen-bond donors (Lipinski definition) is 1. The molecule has 2 nitrogen and oxygen atoms in total.